The van der Waals surface area contributed by atoms with Crippen molar-refractivity contribution in [2.75, 3.05) is 13.2 Å². The van der Waals surface area contributed by atoms with E-state index in [1.54, 1.807) is 24.3 Å². The standard InChI is InChI=1S/C27H27F3O2/c1-3-13-27(30)16-31-26(32-17-27)21-10-12-23(25(29)15-21)20-9-11-22(24(28)14-20)19-7-5-18(4-2)6-8-19/h5-12,14-15,26H,3-4,13,16-17H2,1-2H3. The molecule has 32 heavy (non-hydrogen) atoms. The van der Waals surface area contributed by atoms with Gasteiger partial charge in [0, 0.05) is 16.7 Å². The second kappa shape index (κ2) is 9.47. The molecule has 1 heterocycles. The van der Waals surface area contributed by atoms with Gasteiger partial charge in [0.15, 0.2) is 12.0 Å². The number of hydrogen-bond donors (Lipinski definition) is 0. The molecule has 0 atom stereocenters. The van der Waals surface area contributed by atoms with Crippen LogP contribution >= 0.6 is 0 Å². The molecule has 3 aromatic rings. The Morgan fingerprint density at radius 3 is 2.00 bits per heavy atom. The van der Waals surface area contributed by atoms with Gasteiger partial charge in [-0.3, -0.25) is 0 Å². The Kier molecular flexibility index (Phi) is 6.68. The maximum atomic E-state index is 14.9. The number of alkyl halides is 1. The lowest BCUT2D eigenvalue weighted by molar-refractivity contribution is -0.239. The van der Waals surface area contributed by atoms with Crippen molar-refractivity contribution in [1.29, 1.82) is 0 Å². The maximum Gasteiger partial charge on any atom is 0.184 e. The molecule has 0 aromatic heterocycles. The SMILES string of the molecule is CCCC1(F)COC(c2ccc(-c3ccc(-c4ccc(CC)cc4)c(F)c3)c(F)c2)OC1. The molecule has 3 aromatic carbocycles. The van der Waals surface area contributed by atoms with Crippen LogP contribution in [-0.2, 0) is 15.9 Å². The summed E-state index contributed by atoms with van der Waals surface area (Å²) in [5, 5.41) is 0. The molecule has 4 rings (SSSR count). The average molecular weight is 441 g/mol. The Hall–Kier alpha value is -2.63. The molecule has 5 heteroatoms. The molecule has 1 aliphatic heterocycles. The highest BCUT2D eigenvalue weighted by Crippen LogP contribution is 2.34. The van der Waals surface area contributed by atoms with Crippen molar-refractivity contribution in [1.82, 2.24) is 0 Å². The van der Waals surface area contributed by atoms with Crippen molar-refractivity contribution in [3.8, 4) is 22.3 Å². The fourth-order valence-corrected chi connectivity index (χ4v) is 4.07. The van der Waals surface area contributed by atoms with Crippen LogP contribution in [0.4, 0.5) is 13.2 Å². The van der Waals surface area contributed by atoms with Crippen LogP contribution in [0, 0.1) is 11.6 Å². The third-order valence-corrected chi connectivity index (χ3v) is 5.90. The molecule has 0 bridgehead atoms. The Morgan fingerprint density at radius 2 is 1.41 bits per heavy atom. The molecule has 1 fully saturated rings. The molecule has 0 unspecified atom stereocenters. The molecule has 168 valence electrons. The van der Waals surface area contributed by atoms with E-state index in [-0.39, 0.29) is 18.8 Å². The van der Waals surface area contributed by atoms with Crippen molar-refractivity contribution in [2.45, 2.75) is 45.1 Å². The first-order valence-electron chi connectivity index (χ1n) is 11.0. The summed E-state index contributed by atoms with van der Waals surface area (Å²) in [5.41, 5.74) is 2.12. The van der Waals surface area contributed by atoms with E-state index in [0.717, 1.165) is 12.0 Å². The first kappa shape index (κ1) is 22.6. The molecule has 0 amide bonds. The quantitative estimate of drug-likeness (QED) is 0.397. The first-order chi connectivity index (χ1) is 15.4. The van der Waals surface area contributed by atoms with Gasteiger partial charge in [-0.05, 0) is 41.7 Å². The van der Waals surface area contributed by atoms with E-state index < -0.39 is 23.6 Å². The van der Waals surface area contributed by atoms with Crippen LogP contribution in [0.2, 0.25) is 0 Å². The summed E-state index contributed by atoms with van der Waals surface area (Å²) in [5.74, 6) is -0.927. The number of rotatable bonds is 6. The van der Waals surface area contributed by atoms with Crippen LogP contribution in [0.3, 0.4) is 0 Å². The van der Waals surface area contributed by atoms with Gasteiger partial charge in [0.1, 0.15) is 11.6 Å². The Bertz CT molecular complexity index is 1070. The molecule has 0 N–H and O–H groups in total. The zero-order valence-electron chi connectivity index (χ0n) is 18.3. The summed E-state index contributed by atoms with van der Waals surface area (Å²) in [4.78, 5) is 0. The molecule has 2 nitrogen and oxygen atoms in total. The van der Waals surface area contributed by atoms with Crippen LogP contribution in [0.5, 0.6) is 0 Å². The summed E-state index contributed by atoms with van der Waals surface area (Å²) >= 11 is 0. The normalized spacial score (nSPS) is 21.0. The van der Waals surface area contributed by atoms with E-state index in [0.29, 0.717) is 29.5 Å². The van der Waals surface area contributed by atoms with Gasteiger partial charge >= 0.3 is 0 Å². The summed E-state index contributed by atoms with van der Waals surface area (Å²) in [7, 11) is 0. The van der Waals surface area contributed by atoms with Crippen molar-refractivity contribution < 1.29 is 22.6 Å². The van der Waals surface area contributed by atoms with Gasteiger partial charge in [-0.2, -0.15) is 0 Å². The monoisotopic (exact) mass is 440 g/mol. The van der Waals surface area contributed by atoms with E-state index in [9.17, 15) is 13.2 Å². The second-order valence-corrected chi connectivity index (χ2v) is 8.34. The zero-order valence-corrected chi connectivity index (χ0v) is 18.3. The largest absolute Gasteiger partial charge is 0.345 e. The van der Waals surface area contributed by atoms with Crippen molar-refractivity contribution in [3.63, 3.8) is 0 Å². The van der Waals surface area contributed by atoms with Gasteiger partial charge in [-0.25, -0.2) is 13.2 Å². The van der Waals surface area contributed by atoms with Gasteiger partial charge in [-0.15, -0.1) is 0 Å². The number of benzene rings is 3. The van der Waals surface area contributed by atoms with Gasteiger partial charge in [0.2, 0.25) is 0 Å². The van der Waals surface area contributed by atoms with Gasteiger partial charge < -0.3 is 9.47 Å². The highest BCUT2D eigenvalue weighted by atomic mass is 19.1. The third kappa shape index (κ3) is 4.74. The minimum Gasteiger partial charge on any atom is -0.345 e. The van der Waals surface area contributed by atoms with Crippen molar-refractivity contribution >= 4 is 0 Å². The minimum absolute atomic E-state index is 0.0826. The van der Waals surface area contributed by atoms with Crippen LogP contribution in [-0.4, -0.2) is 18.9 Å². The molecular weight excluding hydrogens is 413 g/mol. The summed E-state index contributed by atoms with van der Waals surface area (Å²) in [6.07, 6.45) is 1.15. The number of halogens is 3. The molecule has 0 aliphatic carbocycles. The van der Waals surface area contributed by atoms with Gasteiger partial charge in [-0.1, -0.05) is 68.8 Å². The van der Waals surface area contributed by atoms with Crippen LogP contribution in [0.15, 0.2) is 60.7 Å². The third-order valence-electron chi connectivity index (χ3n) is 5.90. The molecule has 1 aliphatic rings. The highest BCUT2D eigenvalue weighted by Gasteiger charge is 2.36. The van der Waals surface area contributed by atoms with E-state index in [1.165, 1.54) is 17.7 Å². The molecule has 0 spiro atoms. The smallest absolute Gasteiger partial charge is 0.184 e. The molecule has 0 radical (unpaired) electrons. The lowest BCUT2D eigenvalue weighted by Crippen LogP contribution is -2.41. The van der Waals surface area contributed by atoms with E-state index in [1.807, 2.05) is 31.2 Å². The Labute approximate surface area is 187 Å². The molecular formula is C27H27F3O2. The molecule has 1 saturated heterocycles. The predicted octanol–water partition coefficient (Wildman–Crippen LogP) is 7.42. The van der Waals surface area contributed by atoms with Crippen LogP contribution in [0.1, 0.15) is 44.1 Å². The lowest BCUT2D eigenvalue weighted by atomic mass is 9.97. The van der Waals surface area contributed by atoms with Crippen LogP contribution in [0.25, 0.3) is 22.3 Å². The average Bonchev–Trinajstić information content (AvgIpc) is 2.79. The van der Waals surface area contributed by atoms with Gasteiger partial charge in [0.05, 0.1) is 13.2 Å². The summed E-state index contributed by atoms with van der Waals surface area (Å²) in [6.45, 7) is 3.80. The predicted molar refractivity (Wildman–Crippen MR) is 120 cm³/mol. The van der Waals surface area contributed by atoms with E-state index in [2.05, 4.69) is 6.92 Å². The number of ether oxygens (including phenoxy) is 2. The summed E-state index contributed by atoms with van der Waals surface area (Å²) < 4.78 is 55.3. The van der Waals surface area contributed by atoms with E-state index in [4.69, 9.17) is 9.47 Å². The van der Waals surface area contributed by atoms with Gasteiger partial charge in [0.25, 0.3) is 0 Å². The number of aryl methyl sites for hydroxylation is 1. The van der Waals surface area contributed by atoms with Crippen LogP contribution < -0.4 is 0 Å². The van der Waals surface area contributed by atoms with Crippen molar-refractivity contribution in [3.05, 3.63) is 83.4 Å². The lowest BCUT2D eigenvalue weighted by Gasteiger charge is -2.34. The highest BCUT2D eigenvalue weighted by molar-refractivity contribution is 5.71. The Balaban J connectivity index is 1.52. The fourth-order valence-electron chi connectivity index (χ4n) is 4.07. The first-order valence-corrected chi connectivity index (χ1v) is 11.0. The second-order valence-electron chi connectivity index (χ2n) is 8.34. The summed E-state index contributed by atoms with van der Waals surface area (Å²) in [6, 6.07) is 17.0. The molecule has 0 saturated carbocycles. The maximum absolute atomic E-state index is 14.9. The van der Waals surface area contributed by atoms with E-state index >= 15 is 0 Å². The fraction of sp³-hybridized carbons (Fsp3) is 0.333. The Morgan fingerprint density at radius 1 is 0.812 bits per heavy atom. The number of hydrogen-bond acceptors (Lipinski definition) is 2. The minimum atomic E-state index is -1.50. The zero-order chi connectivity index (χ0) is 22.7. The topological polar surface area (TPSA) is 18.5 Å². The van der Waals surface area contributed by atoms with Crippen molar-refractivity contribution in [2.24, 2.45) is 0 Å².